The summed E-state index contributed by atoms with van der Waals surface area (Å²) in [5.74, 6) is -26.6. The Labute approximate surface area is 186 Å². The van der Waals surface area contributed by atoms with Crippen LogP contribution in [0.4, 0.5) is 79.0 Å². The lowest BCUT2D eigenvalue weighted by Crippen LogP contribution is -2.82. The Balaban J connectivity index is -0.000000163. The fourth-order valence-electron chi connectivity index (χ4n) is 0.726. The summed E-state index contributed by atoms with van der Waals surface area (Å²) in [6, 6.07) is 0. The Morgan fingerprint density at radius 1 is 0.548 bits per heavy atom. The monoisotopic (exact) mass is 658 g/mol. The second-order valence-corrected chi connectivity index (χ2v) is 6.63. The Hall–Kier alpha value is 0.380. The first-order chi connectivity index (χ1) is 12.7. The van der Waals surface area contributed by atoms with Gasteiger partial charge in [-0.05, 0) is 34.8 Å². The first-order valence-corrected chi connectivity index (χ1v) is 7.80. The topological polar surface area (TPSA) is 0 Å². The van der Waals surface area contributed by atoms with Gasteiger partial charge in [0.15, 0.2) is 0 Å². The van der Waals surface area contributed by atoms with E-state index in [4.69, 9.17) is 0 Å². The molecule has 0 atom stereocenters. The van der Waals surface area contributed by atoms with Gasteiger partial charge in [-0.2, -0.15) is 79.0 Å². The van der Waals surface area contributed by atoms with E-state index in [-0.39, 0.29) is 0 Å². The predicted octanol–water partition coefficient (Wildman–Crippen LogP) is 9.65. The van der Waals surface area contributed by atoms with E-state index in [2.05, 4.69) is 46.4 Å². The van der Waals surface area contributed by atoms with Crippen LogP contribution in [0, 0.1) is 0 Å². The first-order valence-electron chi connectivity index (χ1n) is 5.43. The Kier molecular flexibility index (Phi) is 15.9. The molecule has 0 bridgehead atoms. The smallest absolute Gasteiger partial charge is 0.192 e. The minimum Gasteiger partial charge on any atom is -0.192 e. The van der Waals surface area contributed by atoms with Crippen molar-refractivity contribution in [1.29, 1.82) is 0 Å². The number of hydrogen-bond acceptors (Lipinski definition) is 0. The van der Waals surface area contributed by atoms with Gasteiger partial charge >= 0.3 is 45.1 Å². The first kappa shape index (κ1) is 38.6. The van der Waals surface area contributed by atoms with Gasteiger partial charge in [0.25, 0.3) is 0 Å². The lowest BCUT2D eigenvalue weighted by atomic mass is 9.80. The molecule has 0 aliphatic heterocycles. The van der Waals surface area contributed by atoms with E-state index in [1.54, 1.807) is 0 Å². The van der Waals surface area contributed by atoms with Crippen molar-refractivity contribution in [2.24, 2.45) is 0 Å². The fourth-order valence-corrected chi connectivity index (χ4v) is 0.726. The van der Waals surface area contributed by atoms with Gasteiger partial charge < -0.3 is 0 Å². The molecule has 0 aromatic carbocycles. The number of hydrogen-bond donors (Lipinski definition) is 0. The van der Waals surface area contributed by atoms with Crippen LogP contribution in [-0.2, 0) is 0 Å². The van der Waals surface area contributed by atoms with Crippen LogP contribution in [0.15, 0.2) is 0 Å². The predicted molar refractivity (Wildman–Crippen MR) is 75.2 cm³/mol. The van der Waals surface area contributed by atoms with Crippen LogP contribution in [0.5, 0.6) is 0 Å². The molecule has 0 amide bonds. The Morgan fingerprint density at radius 3 is 0.613 bits per heavy atom. The van der Waals surface area contributed by atoms with Crippen molar-refractivity contribution >= 4 is 62.3 Å². The molecule has 0 heterocycles. The number of alkyl halides is 23. The third-order valence-corrected chi connectivity index (χ3v) is 1.58. The molecule has 1 saturated carbocycles. The Morgan fingerprint density at radius 2 is 0.581 bits per heavy atom. The second-order valence-electron chi connectivity index (χ2n) is 3.83. The highest BCUT2D eigenvalue weighted by Crippen LogP contribution is 2.69. The highest BCUT2D eigenvalue weighted by Gasteiger charge is 3.01. The van der Waals surface area contributed by atoms with Gasteiger partial charge in [0.2, 0.25) is 0 Å². The van der Waals surface area contributed by atoms with Gasteiger partial charge in [0.1, 0.15) is 0 Å². The van der Waals surface area contributed by atoms with Gasteiger partial charge in [0.05, 0.1) is 0 Å². The SMILES string of the molecule is FC(F)(Cl)Cl.FC(F)(F)Br.FC(F)(F)Cl.FC(F)Cl.FC1(F)C(F)(F)C(F)(F)C1(F)F. The summed E-state index contributed by atoms with van der Waals surface area (Å²) in [5.41, 5.74) is -4.53. The minimum atomic E-state index is -5.97. The molecule has 0 radical (unpaired) electrons. The van der Waals surface area contributed by atoms with Crippen molar-refractivity contribution in [3.05, 3.63) is 0 Å². The molecular weight excluding hydrogens is 660 g/mol. The number of rotatable bonds is 0. The van der Waals surface area contributed by atoms with E-state index >= 15 is 0 Å². The summed E-state index contributed by atoms with van der Waals surface area (Å²) in [6.45, 7) is 0. The average molecular weight is 661 g/mol. The van der Waals surface area contributed by atoms with E-state index in [0.717, 1.165) is 0 Å². The van der Waals surface area contributed by atoms with Crippen LogP contribution in [0.1, 0.15) is 0 Å². The molecule has 0 unspecified atom stereocenters. The molecule has 23 heteroatoms. The molecule has 1 rings (SSSR count). The number of halogens is 23. The standard InChI is InChI=1S/C4F8.CBrF3.CCl2F2.CClF3.CHClF2/c5-1(6)2(7,8)4(11,12)3(1,9)10;3*2-1(3,4)5;2-1(3)4/h;;;;1H. The molecule has 0 saturated heterocycles. The zero-order valence-corrected chi connectivity index (χ0v) is 17.4. The third-order valence-electron chi connectivity index (χ3n) is 1.58. The van der Waals surface area contributed by atoms with Crippen molar-refractivity contribution in [3.8, 4) is 0 Å². The van der Waals surface area contributed by atoms with Gasteiger partial charge in [-0.3, -0.25) is 0 Å². The summed E-state index contributed by atoms with van der Waals surface area (Å²) in [5, 5.41) is -4.19. The zero-order chi connectivity index (χ0) is 27.1. The summed E-state index contributed by atoms with van der Waals surface area (Å²) in [6.07, 6.45) is 0. The minimum absolute atomic E-state index is 1.38. The molecule has 0 aromatic rings. The van der Waals surface area contributed by atoms with Crippen molar-refractivity contribution in [2.75, 3.05) is 0 Å². The van der Waals surface area contributed by atoms with Crippen LogP contribution < -0.4 is 0 Å². The maximum Gasteiger partial charge on any atom is 0.475 e. The summed E-state index contributed by atoms with van der Waals surface area (Å²) < 4.78 is 195. The van der Waals surface area contributed by atoms with Crippen molar-refractivity contribution in [2.45, 2.75) is 45.1 Å². The molecule has 0 aromatic heterocycles. The summed E-state index contributed by atoms with van der Waals surface area (Å²) >= 11 is 16.8. The fraction of sp³-hybridized carbons (Fsp3) is 1.00. The molecule has 1 fully saturated rings. The van der Waals surface area contributed by atoms with E-state index in [1.807, 2.05) is 0 Å². The van der Waals surface area contributed by atoms with Gasteiger partial charge in [0, 0.05) is 15.9 Å². The lowest BCUT2D eigenvalue weighted by molar-refractivity contribution is -0.506. The van der Waals surface area contributed by atoms with E-state index in [0.29, 0.717) is 0 Å². The van der Waals surface area contributed by atoms with Gasteiger partial charge in [-0.1, -0.05) is 11.6 Å². The van der Waals surface area contributed by atoms with Gasteiger partial charge in [-0.15, -0.1) is 0 Å². The Bertz CT molecular complexity index is 381. The van der Waals surface area contributed by atoms with E-state index < -0.39 is 45.1 Å². The second kappa shape index (κ2) is 12.7. The summed E-state index contributed by atoms with van der Waals surface area (Å²) in [4.78, 5) is -3.56. The van der Waals surface area contributed by atoms with Crippen LogP contribution in [-0.4, -0.2) is 45.1 Å². The zero-order valence-electron chi connectivity index (χ0n) is 12.8. The van der Waals surface area contributed by atoms with Crippen molar-refractivity contribution in [1.82, 2.24) is 0 Å². The van der Waals surface area contributed by atoms with Crippen molar-refractivity contribution < 1.29 is 79.0 Å². The molecule has 194 valence electrons. The highest BCUT2D eigenvalue weighted by molar-refractivity contribution is 9.09. The summed E-state index contributed by atoms with van der Waals surface area (Å²) in [7, 11) is 0. The lowest BCUT2D eigenvalue weighted by Gasteiger charge is -2.49. The van der Waals surface area contributed by atoms with Crippen molar-refractivity contribution in [3.63, 3.8) is 0 Å². The van der Waals surface area contributed by atoms with Gasteiger partial charge in [-0.25, -0.2) is 0 Å². The maximum absolute atomic E-state index is 11.6. The van der Waals surface area contributed by atoms with Crippen LogP contribution >= 0.6 is 62.3 Å². The quantitative estimate of drug-likeness (QED) is 0.179. The van der Waals surface area contributed by atoms with E-state index in [1.165, 1.54) is 15.9 Å². The normalized spacial score (nSPS) is 20.1. The molecule has 1 aliphatic rings. The van der Waals surface area contributed by atoms with E-state index in [9.17, 15) is 79.0 Å². The molecule has 0 spiro atoms. The largest absolute Gasteiger partial charge is 0.475 e. The maximum atomic E-state index is 11.6. The molecular formula is C8HBrCl4F18. The molecule has 0 nitrogen and oxygen atoms in total. The average Bonchev–Trinajstić information content (AvgIpc) is 2.29. The third kappa shape index (κ3) is 18.5. The van der Waals surface area contributed by atoms with Crippen LogP contribution in [0.3, 0.4) is 0 Å². The highest BCUT2D eigenvalue weighted by atomic mass is 79.9. The molecule has 1 aliphatic carbocycles. The molecule has 31 heavy (non-hydrogen) atoms. The van der Waals surface area contributed by atoms with Crippen LogP contribution in [0.25, 0.3) is 0 Å². The van der Waals surface area contributed by atoms with Crippen LogP contribution in [0.2, 0.25) is 0 Å². The molecule has 0 N–H and O–H groups in total.